The van der Waals surface area contributed by atoms with E-state index in [1.807, 2.05) is 45.0 Å². The maximum atomic E-state index is 12.4. The van der Waals surface area contributed by atoms with E-state index < -0.39 is 0 Å². The van der Waals surface area contributed by atoms with Crippen LogP contribution in [0.4, 0.5) is 11.4 Å². The summed E-state index contributed by atoms with van der Waals surface area (Å²) in [5.41, 5.74) is 1.48. The molecule has 0 saturated carbocycles. The molecule has 0 aromatic heterocycles. The highest BCUT2D eigenvalue weighted by molar-refractivity contribution is 9.10. The Morgan fingerprint density at radius 1 is 1.07 bits per heavy atom. The lowest BCUT2D eigenvalue weighted by Gasteiger charge is -2.24. The summed E-state index contributed by atoms with van der Waals surface area (Å²) in [7, 11) is 0. The van der Waals surface area contributed by atoms with Gasteiger partial charge in [0.05, 0.1) is 17.1 Å². The smallest absolute Gasteiger partial charge is 0.253 e. The van der Waals surface area contributed by atoms with E-state index >= 15 is 0 Å². The summed E-state index contributed by atoms with van der Waals surface area (Å²) in [6, 6.07) is 12.3. The number of amides is 2. The Balaban J connectivity index is 1.94. The van der Waals surface area contributed by atoms with Crippen molar-refractivity contribution in [1.82, 2.24) is 5.32 Å². The molecule has 7 heteroatoms. The lowest BCUT2D eigenvalue weighted by Crippen LogP contribution is -2.42. The summed E-state index contributed by atoms with van der Waals surface area (Å²) >= 11 is 9.60. The minimum absolute atomic E-state index is 0.0841. The Morgan fingerprint density at radius 2 is 1.70 bits per heavy atom. The molecule has 0 spiro atoms. The summed E-state index contributed by atoms with van der Waals surface area (Å²) in [6.07, 6.45) is 0.809. The molecular formula is C20H23BrClN3O2. The zero-order chi connectivity index (χ0) is 20.0. The second-order valence-electron chi connectivity index (χ2n) is 6.79. The quantitative estimate of drug-likeness (QED) is 0.549. The summed E-state index contributed by atoms with van der Waals surface area (Å²) < 4.78 is 0.944. The molecule has 2 rings (SSSR count). The Hall–Kier alpha value is -2.05. The molecular weight excluding hydrogens is 430 g/mol. The van der Waals surface area contributed by atoms with Crippen LogP contribution in [-0.4, -0.2) is 23.9 Å². The molecule has 0 aliphatic rings. The van der Waals surface area contributed by atoms with E-state index in [1.165, 1.54) is 0 Å². The van der Waals surface area contributed by atoms with Gasteiger partial charge >= 0.3 is 0 Å². The van der Waals surface area contributed by atoms with Crippen molar-refractivity contribution >= 4 is 50.7 Å². The molecule has 5 nitrogen and oxygen atoms in total. The number of halogens is 2. The average molecular weight is 453 g/mol. The van der Waals surface area contributed by atoms with Crippen molar-refractivity contribution < 1.29 is 9.59 Å². The van der Waals surface area contributed by atoms with Crippen LogP contribution in [0.1, 0.15) is 37.6 Å². The number of carbonyl (C=O) groups excluding carboxylic acids is 2. The number of carbonyl (C=O) groups is 2. The first-order valence-electron chi connectivity index (χ1n) is 8.61. The van der Waals surface area contributed by atoms with Gasteiger partial charge in [0.25, 0.3) is 5.91 Å². The van der Waals surface area contributed by atoms with Crippen molar-refractivity contribution in [3.05, 3.63) is 57.5 Å². The van der Waals surface area contributed by atoms with Crippen LogP contribution in [-0.2, 0) is 4.79 Å². The van der Waals surface area contributed by atoms with Crippen molar-refractivity contribution in [3.8, 4) is 0 Å². The lowest BCUT2D eigenvalue weighted by atomic mass is 10.0. The highest BCUT2D eigenvalue weighted by Crippen LogP contribution is 2.22. The fourth-order valence-corrected chi connectivity index (χ4v) is 2.72. The topological polar surface area (TPSA) is 70.2 Å². The summed E-state index contributed by atoms with van der Waals surface area (Å²) in [4.78, 5) is 24.4. The first kappa shape index (κ1) is 21.3. The van der Waals surface area contributed by atoms with Gasteiger partial charge in [0.2, 0.25) is 5.91 Å². The zero-order valence-corrected chi connectivity index (χ0v) is 17.9. The molecule has 144 valence electrons. The third-order valence-corrected chi connectivity index (χ3v) is 4.97. The molecule has 0 aliphatic heterocycles. The van der Waals surface area contributed by atoms with E-state index in [-0.39, 0.29) is 23.9 Å². The monoisotopic (exact) mass is 451 g/mol. The van der Waals surface area contributed by atoms with Gasteiger partial charge in [-0.05, 0) is 62.7 Å². The fourth-order valence-electron chi connectivity index (χ4n) is 2.19. The number of hydrogen-bond acceptors (Lipinski definition) is 3. The Morgan fingerprint density at radius 3 is 2.30 bits per heavy atom. The molecule has 27 heavy (non-hydrogen) atoms. The standard InChI is InChI=1S/C20H23BrClN3O2/c1-4-20(2,3)25-19(27)16-10-9-15(11-17(16)22)23-12-18(26)24-14-7-5-13(21)6-8-14/h5-11,23H,4,12H2,1-3H3,(H,24,26)(H,25,27). The van der Waals surface area contributed by atoms with Gasteiger partial charge in [0.15, 0.2) is 0 Å². The molecule has 0 bridgehead atoms. The number of hydrogen-bond donors (Lipinski definition) is 3. The number of nitrogens with one attached hydrogen (secondary N) is 3. The van der Waals surface area contributed by atoms with Crippen molar-refractivity contribution in [2.75, 3.05) is 17.2 Å². The van der Waals surface area contributed by atoms with Crippen LogP contribution in [0.3, 0.4) is 0 Å². The molecule has 0 aliphatic carbocycles. The van der Waals surface area contributed by atoms with Crippen molar-refractivity contribution in [3.63, 3.8) is 0 Å². The van der Waals surface area contributed by atoms with Gasteiger partial charge in [-0.3, -0.25) is 9.59 Å². The predicted octanol–water partition coefficient (Wildman–Crippen LogP) is 5.07. The van der Waals surface area contributed by atoms with Crippen LogP contribution in [0, 0.1) is 0 Å². The molecule has 2 aromatic rings. The molecule has 0 unspecified atom stereocenters. The Bertz CT molecular complexity index is 822. The Kier molecular flexibility index (Phi) is 7.27. The normalized spacial score (nSPS) is 11.0. The molecule has 0 radical (unpaired) electrons. The number of anilines is 2. The van der Waals surface area contributed by atoms with E-state index in [2.05, 4.69) is 31.9 Å². The second kappa shape index (κ2) is 9.24. The van der Waals surface area contributed by atoms with Crippen LogP contribution in [0.2, 0.25) is 5.02 Å². The van der Waals surface area contributed by atoms with Crippen LogP contribution in [0.15, 0.2) is 46.9 Å². The molecule has 0 atom stereocenters. The molecule has 0 saturated heterocycles. The number of rotatable bonds is 7. The van der Waals surface area contributed by atoms with E-state index in [9.17, 15) is 9.59 Å². The van der Waals surface area contributed by atoms with Crippen LogP contribution in [0.5, 0.6) is 0 Å². The fraction of sp³-hybridized carbons (Fsp3) is 0.300. The van der Waals surface area contributed by atoms with Crippen molar-refractivity contribution in [2.24, 2.45) is 0 Å². The minimum Gasteiger partial charge on any atom is -0.376 e. The first-order chi connectivity index (χ1) is 12.7. The van der Waals surface area contributed by atoms with Crippen LogP contribution >= 0.6 is 27.5 Å². The van der Waals surface area contributed by atoms with Crippen LogP contribution < -0.4 is 16.0 Å². The highest BCUT2D eigenvalue weighted by Gasteiger charge is 2.20. The third kappa shape index (κ3) is 6.56. The van der Waals surface area contributed by atoms with E-state index in [4.69, 9.17) is 11.6 Å². The molecule has 0 heterocycles. The third-order valence-electron chi connectivity index (χ3n) is 4.13. The lowest BCUT2D eigenvalue weighted by molar-refractivity contribution is -0.114. The molecule has 2 aromatic carbocycles. The van der Waals surface area contributed by atoms with Gasteiger partial charge in [0, 0.05) is 21.4 Å². The van der Waals surface area contributed by atoms with Gasteiger partial charge in [-0.15, -0.1) is 0 Å². The van der Waals surface area contributed by atoms with Crippen molar-refractivity contribution in [1.29, 1.82) is 0 Å². The first-order valence-corrected chi connectivity index (χ1v) is 9.78. The highest BCUT2D eigenvalue weighted by atomic mass is 79.9. The van der Waals surface area contributed by atoms with Crippen LogP contribution in [0.25, 0.3) is 0 Å². The summed E-state index contributed by atoms with van der Waals surface area (Å²) in [6.45, 7) is 6.01. The van der Waals surface area contributed by atoms with Gasteiger partial charge in [-0.1, -0.05) is 34.5 Å². The SMILES string of the molecule is CCC(C)(C)NC(=O)c1ccc(NCC(=O)Nc2ccc(Br)cc2)cc1Cl. The molecule has 0 fully saturated rings. The van der Waals surface area contributed by atoms with Gasteiger partial charge in [0.1, 0.15) is 0 Å². The van der Waals surface area contributed by atoms with E-state index in [1.54, 1.807) is 18.2 Å². The van der Waals surface area contributed by atoms with Crippen molar-refractivity contribution in [2.45, 2.75) is 32.7 Å². The van der Waals surface area contributed by atoms with Gasteiger partial charge in [-0.25, -0.2) is 0 Å². The minimum atomic E-state index is -0.303. The molecule has 3 N–H and O–H groups in total. The second-order valence-corrected chi connectivity index (χ2v) is 8.12. The van der Waals surface area contributed by atoms with Gasteiger partial charge in [-0.2, -0.15) is 0 Å². The maximum absolute atomic E-state index is 12.4. The van der Waals surface area contributed by atoms with E-state index in [0.717, 1.165) is 10.9 Å². The number of benzene rings is 2. The van der Waals surface area contributed by atoms with Gasteiger partial charge < -0.3 is 16.0 Å². The van der Waals surface area contributed by atoms with E-state index in [0.29, 0.717) is 22.0 Å². The summed E-state index contributed by atoms with van der Waals surface area (Å²) in [5, 5.41) is 9.09. The maximum Gasteiger partial charge on any atom is 0.253 e. The summed E-state index contributed by atoms with van der Waals surface area (Å²) in [5.74, 6) is -0.397. The predicted molar refractivity (Wildman–Crippen MR) is 115 cm³/mol. The largest absolute Gasteiger partial charge is 0.376 e. The average Bonchev–Trinajstić information content (AvgIpc) is 2.61. The molecule has 2 amide bonds. The zero-order valence-electron chi connectivity index (χ0n) is 15.5. The Labute approximate surface area is 173 Å².